The summed E-state index contributed by atoms with van der Waals surface area (Å²) in [4.78, 5) is 16.1. The van der Waals surface area contributed by atoms with E-state index in [9.17, 15) is 0 Å². The fourth-order valence-corrected chi connectivity index (χ4v) is 10.6. The van der Waals surface area contributed by atoms with E-state index < -0.39 is 0 Å². The zero-order chi connectivity index (χ0) is 43.0. The first kappa shape index (κ1) is 35.4. The molecule has 7 nitrogen and oxygen atoms in total. The van der Waals surface area contributed by atoms with Crippen molar-refractivity contribution in [3.8, 4) is 39.9 Å². The van der Waals surface area contributed by atoms with Gasteiger partial charge in [-0.15, -0.1) is 0 Å². The first-order chi connectivity index (χ1) is 32.7. The molecule has 0 aliphatic rings. The summed E-state index contributed by atoms with van der Waals surface area (Å²) in [7, 11) is 0. The fourth-order valence-electron chi connectivity index (χ4n) is 10.6. The molecule has 0 bridgehead atoms. The number of fused-ring (bicyclic) bond motifs is 15. The van der Waals surface area contributed by atoms with Crippen LogP contribution in [-0.2, 0) is 0 Å². The van der Waals surface area contributed by atoms with Crippen LogP contribution in [0.15, 0.2) is 207 Å². The molecule has 15 rings (SSSR count). The van der Waals surface area contributed by atoms with E-state index in [1.807, 2.05) is 72.8 Å². The molecular formula is C59H32N4O3. The Kier molecular flexibility index (Phi) is 7.10. The van der Waals surface area contributed by atoms with Crippen LogP contribution < -0.4 is 0 Å². The van der Waals surface area contributed by atoms with Gasteiger partial charge in [-0.2, -0.15) is 0 Å². The van der Waals surface area contributed by atoms with E-state index in [-0.39, 0.29) is 0 Å². The first-order valence-corrected chi connectivity index (χ1v) is 22.1. The van der Waals surface area contributed by atoms with E-state index >= 15 is 0 Å². The molecule has 0 atom stereocenters. The van der Waals surface area contributed by atoms with E-state index in [2.05, 4.69) is 126 Å². The van der Waals surface area contributed by atoms with Gasteiger partial charge >= 0.3 is 0 Å². The van der Waals surface area contributed by atoms with Gasteiger partial charge < -0.3 is 17.8 Å². The Balaban J connectivity index is 1.05. The maximum Gasteiger partial charge on any atom is 0.167 e. The molecule has 0 N–H and O–H groups in total. The second-order valence-corrected chi connectivity index (χ2v) is 17.0. The minimum absolute atomic E-state index is 0.486. The number of nitrogens with zero attached hydrogens (tertiary/aromatic N) is 4. The topological polar surface area (TPSA) is 83.0 Å². The Morgan fingerprint density at radius 1 is 0.303 bits per heavy atom. The van der Waals surface area contributed by atoms with Gasteiger partial charge in [0.25, 0.3) is 0 Å². The Hall–Kier alpha value is -9.07. The van der Waals surface area contributed by atoms with Crippen LogP contribution in [-0.4, -0.2) is 19.5 Å². The summed E-state index contributed by atoms with van der Waals surface area (Å²) < 4.78 is 22.2. The van der Waals surface area contributed by atoms with Gasteiger partial charge in [-0.1, -0.05) is 133 Å². The van der Waals surface area contributed by atoms with Crippen molar-refractivity contribution in [3.63, 3.8) is 0 Å². The van der Waals surface area contributed by atoms with Crippen LogP contribution in [0.2, 0.25) is 0 Å². The lowest BCUT2D eigenvalue weighted by Gasteiger charge is -2.13. The van der Waals surface area contributed by atoms with Crippen molar-refractivity contribution in [2.45, 2.75) is 0 Å². The highest BCUT2D eigenvalue weighted by atomic mass is 16.3. The summed E-state index contributed by atoms with van der Waals surface area (Å²) in [5.74, 6) is 1.53. The molecule has 0 unspecified atom stereocenters. The molecule has 0 amide bonds. The molecule has 0 spiro atoms. The highest BCUT2D eigenvalue weighted by Gasteiger charge is 2.25. The number of para-hydroxylation sites is 3. The molecule has 5 aromatic heterocycles. The number of hydrogen-bond acceptors (Lipinski definition) is 6. The summed E-state index contributed by atoms with van der Waals surface area (Å²) >= 11 is 0. The molecule has 0 aliphatic heterocycles. The van der Waals surface area contributed by atoms with Gasteiger partial charge in [0.05, 0.1) is 27.7 Å². The van der Waals surface area contributed by atoms with Gasteiger partial charge in [-0.3, -0.25) is 0 Å². The van der Waals surface area contributed by atoms with E-state index in [0.717, 1.165) is 93.6 Å². The first-order valence-electron chi connectivity index (χ1n) is 22.1. The van der Waals surface area contributed by atoms with Crippen molar-refractivity contribution in [1.82, 2.24) is 19.5 Å². The number of benzene rings is 10. The molecule has 5 heterocycles. The van der Waals surface area contributed by atoms with Crippen LogP contribution in [0.1, 0.15) is 0 Å². The van der Waals surface area contributed by atoms with Crippen LogP contribution >= 0.6 is 0 Å². The van der Waals surface area contributed by atoms with Gasteiger partial charge in [0.1, 0.15) is 33.5 Å². The SMILES string of the molecule is c1ccc2cc3c(cc2c1)c1c2ccccc2ccc1n3-c1ccc(-c2nc(-c3cccc4oc5ccccc5c34)nc(-c3cccc4oc5ccccc5c34)n2)c2oc3ccccc3c12. The Morgan fingerprint density at radius 3 is 1.44 bits per heavy atom. The van der Waals surface area contributed by atoms with Crippen molar-refractivity contribution >= 4 is 109 Å². The average Bonchev–Trinajstić information content (AvgIpc) is 4.14. The van der Waals surface area contributed by atoms with Crippen molar-refractivity contribution < 1.29 is 13.3 Å². The third-order valence-corrected chi connectivity index (χ3v) is 13.4. The molecule has 7 heteroatoms. The number of rotatable bonds is 4. The second-order valence-electron chi connectivity index (χ2n) is 17.0. The van der Waals surface area contributed by atoms with Crippen molar-refractivity contribution in [3.05, 3.63) is 194 Å². The predicted molar refractivity (Wildman–Crippen MR) is 267 cm³/mol. The molecular weight excluding hydrogens is 813 g/mol. The highest BCUT2D eigenvalue weighted by Crippen LogP contribution is 2.45. The third kappa shape index (κ3) is 4.93. The largest absolute Gasteiger partial charge is 0.456 e. The van der Waals surface area contributed by atoms with Crippen LogP contribution in [0.5, 0.6) is 0 Å². The molecule has 15 aromatic rings. The van der Waals surface area contributed by atoms with Crippen molar-refractivity contribution in [2.75, 3.05) is 0 Å². The van der Waals surface area contributed by atoms with Gasteiger partial charge in [-0.05, 0) is 82.2 Å². The summed E-state index contributed by atoms with van der Waals surface area (Å²) in [6.45, 7) is 0. The van der Waals surface area contributed by atoms with Crippen molar-refractivity contribution in [1.29, 1.82) is 0 Å². The van der Waals surface area contributed by atoms with Crippen molar-refractivity contribution in [2.24, 2.45) is 0 Å². The summed E-state index contributed by atoms with van der Waals surface area (Å²) in [6.07, 6.45) is 0. The third-order valence-electron chi connectivity index (χ3n) is 13.4. The van der Waals surface area contributed by atoms with Crippen LogP contribution in [0.3, 0.4) is 0 Å². The zero-order valence-electron chi connectivity index (χ0n) is 35.0. The lowest BCUT2D eigenvalue weighted by molar-refractivity contribution is 0.668. The lowest BCUT2D eigenvalue weighted by Crippen LogP contribution is -2.02. The normalized spacial score (nSPS) is 12.2. The highest BCUT2D eigenvalue weighted by molar-refractivity contribution is 6.25. The molecule has 10 aromatic carbocycles. The number of furan rings is 3. The Morgan fingerprint density at radius 2 is 0.803 bits per heavy atom. The minimum Gasteiger partial charge on any atom is -0.456 e. The van der Waals surface area contributed by atoms with Gasteiger partial charge in [0, 0.05) is 48.8 Å². The second kappa shape index (κ2) is 13.2. The van der Waals surface area contributed by atoms with E-state index in [4.69, 9.17) is 28.2 Å². The summed E-state index contributed by atoms with van der Waals surface area (Å²) in [5.41, 5.74) is 10.2. The molecule has 0 aliphatic carbocycles. The lowest BCUT2D eigenvalue weighted by atomic mass is 10.0. The molecule has 0 saturated carbocycles. The van der Waals surface area contributed by atoms with E-state index in [0.29, 0.717) is 23.1 Å². The summed E-state index contributed by atoms with van der Waals surface area (Å²) in [5, 5.41) is 13.0. The van der Waals surface area contributed by atoms with E-state index in [1.54, 1.807) is 0 Å². The number of hydrogen-bond donors (Lipinski definition) is 0. The number of aromatic nitrogens is 4. The van der Waals surface area contributed by atoms with Gasteiger partial charge in [0.2, 0.25) is 0 Å². The molecule has 66 heavy (non-hydrogen) atoms. The van der Waals surface area contributed by atoms with Crippen LogP contribution in [0, 0.1) is 0 Å². The predicted octanol–water partition coefficient (Wildman–Crippen LogP) is 16.0. The summed E-state index contributed by atoms with van der Waals surface area (Å²) in [6, 6.07) is 67.4. The van der Waals surface area contributed by atoms with Crippen LogP contribution in [0.4, 0.5) is 0 Å². The maximum absolute atomic E-state index is 7.02. The van der Waals surface area contributed by atoms with E-state index in [1.165, 1.54) is 32.3 Å². The fraction of sp³-hybridized carbons (Fsp3) is 0. The zero-order valence-corrected chi connectivity index (χ0v) is 35.0. The van der Waals surface area contributed by atoms with Gasteiger partial charge in [0.15, 0.2) is 17.5 Å². The molecule has 306 valence electrons. The van der Waals surface area contributed by atoms with Gasteiger partial charge in [-0.25, -0.2) is 15.0 Å². The molecule has 0 radical (unpaired) electrons. The molecule has 0 fully saturated rings. The average molecular weight is 845 g/mol. The van der Waals surface area contributed by atoms with Crippen LogP contribution in [0.25, 0.3) is 149 Å². The Bertz CT molecular complexity index is 4420. The maximum atomic E-state index is 7.02. The minimum atomic E-state index is 0.486. The Labute approximate surface area is 374 Å². The quantitative estimate of drug-likeness (QED) is 0.175. The smallest absolute Gasteiger partial charge is 0.167 e. The monoisotopic (exact) mass is 844 g/mol. The molecule has 0 saturated heterocycles. The standard InChI is InChI=1S/C59H32N4O3/c1-2-15-35-32-46-43(31-34(35)14-1)52-36-16-4-3-13-33(36)27-29-44(52)63(46)45-30-28-42(56-55(45)39-19-7-10-24-49(39)66-56)59-61-57(40-20-11-25-50-53(40)37-17-5-8-22-47(37)64-50)60-58(62-59)41-21-12-26-51-54(41)38-18-6-9-23-48(38)65-51/h1-32H.